The normalized spacial score (nSPS) is 23.2. The topological polar surface area (TPSA) is 49.9 Å². The molecule has 3 aromatic carbocycles. The summed E-state index contributed by atoms with van der Waals surface area (Å²) in [7, 11) is 0. The summed E-state index contributed by atoms with van der Waals surface area (Å²) in [6.45, 7) is 0. The predicted molar refractivity (Wildman–Crippen MR) is 105 cm³/mol. The molecule has 0 bridgehead atoms. The molecule has 7 heteroatoms. The van der Waals surface area contributed by atoms with Gasteiger partial charge in [0.2, 0.25) is 5.91 Å². The van der Waals surface area contributed by atoms with Crippen molar-refractivity contribution >= 4 is 23.2 Å². The third kappa shape index (κ3) is 2.78. The molecule has 2 saturated heterocycles. The lowest BCUT2D eigenvalue weighted by Crippen LogP contribution is -2.37. The number of imide groups is 1. The fourth-order valence-electron chi connectivity index (χ4n) is 4.08. The van der Waals surface area contributed by atoms with E-state index in [1.807, 2.05) is 18.2 Å². The summed E-state index contributed by atoms with van der Waals surface area (Å²) in [5, 5.41) is 1.51. The van der Waals surface area contributed by atoms with Crippen LogP contribution in [-0.2, 0) is 14.4 Å². The van der Waals surface area contributed by atoms with Crippen LogP contribution in [0.15, 0.2) is 78.9 Å². The summed E-state index contributed by atoms with van der Waals surface area (Å²) in [6, 6.07) is 19.7. The average Bonchev–Trinajstić information content (AvgIpc) is 3.26. The summed E-state index contributed by atoms with van der Waals surface area (Å²) in [6.07, 6.45) is -1.10. The van der Waals surface area contributed by atoms with Crippen molar-refractivity contribution in [3.8, 4) is 0 Å². The van der Waals surface area contributed by atoms with Crippen molar-refractivity contribution in [3.63, 3.8) is 0 Å². The molecule has 0 N–H and O–H groups in total. The number of hydroxylamine groups is 1. The third-order valence-corrected chi connectivity index (χ3v) is 5.43. The van der Waals surface area contributed by atoms with Gasteiger partial charge in [-0.1, -0.05) is 42.5 Å². The lowest BCUT2D eigenvalue weighted by atomic mass is 9.90. The summed E-state index contributed by atoms with van der Waals surface area (Å²) >= 11 is 0. The van der Waals surface area contributed by atoms with Crippen LogP contribution in [0.4, 0.5) is 20.2 Å². The summed E-state index contributed by atoms with van der Waals surface area (Å²) in [5.74, 6) is -3.16. The Bertz CT molecular complexity index is 1120. The van der Waals surface area contributed by atoms with Crippen LogP contribution in [0.2, 0.25) is 0 Å². The second kappa shape index (κ2) is 7.03. The highest BCUT2D eigenvalue weighted by molar-refractivity contribution is 6.24. The molecule has 0 aliphatic carbocycles. The maximum atomic E-state index is 14.3. The van der Waals surface area contributed by atoms with Gasteiger partial charge in [-0.2, -0.15) is 0 Å². The molecule has 5 nitrogen and oxygen atoms in total. The minimum Gasteiger partial charge on any atom is -0.273 e. The minimum absolute atomic E-state index is 0.102. The summed E-state index contributed by atoms with van der Waals surface area (Å²) in [4.78, 5) is 33.2. The number of para-hydroxylation sites is 2. The van der Waals surface area contributed by atoms with E-state index in [9.17, 15) is 18.4 Å². The molecular formula is C23H16F2N2O3. The first-order valence-electron chi connectivity index (χ1n) is 9.45. The Morgan fingerprint density at radius 1 is 0.767 bits per heavy atom. The van der Waals surface area contributed by atoms with E-state index in [0.29, 0.717) is 11.3 Å². The SMILES string of the molecule is O=C1[C@H]2[C@@H](ON(c3ccccc3)[C@H]2c2ccc(F)cc2)C(=O)N1c1ccccc1F. The van der Waals surface area contributed by atoms with Gasteiger partial charge in [0.05, 0.1) is 17.4 Å². The number of hydrogen-bond donors (Lipinski definition) is 0. The molecule has 2 heterocycles. The summed E-state index contributed by atoms with van der Waals surface area (Å²) < 4.78 is 27.8. The van der Waals surface area contributed by atoms with E-state index in [-0.39, 0.29) is 5.69 Å². The Morgan fingerprint density at radius 2 is 1.43 bits per heavy atom. The minimum atomic E-state index is -1.10. The Labute approximate surface area is 171 Å². The zero-order chi connectivity index (χ0) is 20.8. The van der Waals surface area contributed by atoms with E-state index in [1.165, 1.54) is 35.4 Å². The first-order chi connectivity index (χ1) is 14.6. The van der Waals surface area contributed by atoms with Gasteiger partial charge in [-0.05, 0) is 42.0 Å². The van der Waals surface area contributed by atoms with Gasteiger partial charge in [0.15, 0.2) is 6.10 Å². The molecule has 5 rings (SSSR count). The molecule has 3 aromatic rings. The van der Waals surface area contributed by atoms with Gasteiger partial charge in [-0.25, -0.2) is 18.7 Å². The van der Waals surface area contributed by atoms with Crippen LogP contribution in [0, 0.1) is 17.6 Å². The number of carbonyl (C=O) groups is 2. The monoisotopic (exact) mass is 406 g/mol. The van der Waals surface area contributed by atoms with Crippen LogP contribution in [0.1, 0.15) is 11.6 Å². The summed E-state index contributed by atoms with van der Waals surface area (Å²) in [5.41, 5.74) is 1.16. The highest BCUT2D eigenvalue weighted by Crippen LogP contribution is 2.47. The van der Waals surface area contributed by atoms with Crippen LogP contribution in [0.5, 0.6) is 0 Å². The number of amides is 2. The van der Waals surface area contributed by atoms with Gasteiger partial charge >= 0.3 is 0 Å². The third-order valence-electron chi connectivity index (χ3n) is 5.43. The van der Waals surface area contributed by atoms with E-state index in [1.54, 1.807) is 30.3 Å². The number of fused-ring (bicyclic) bond motifs is 1. The molecular weight excluding hydrogens is 390 g/mol. The van der Waals surface area contributed by atoms with Crippen LogP contribution < -0.4 is 9.96 Å². The fourth-order valence-corrected chi connectivity index (χ4v) is 4.08. The number of halogens is 2. The highest BCUT2D eigenvalue weighted by Gasteiger charge is 2.60. The van der Waals surface area contributed by atoms with Gasteiger partial charge < -0.3 is 0 Å². The first kappa shape index (κ1) is 18.4. The van der Waals surface area contributed by atoms with Crippen molar-refractivity contribution in [2.75, 3.05) is 9.96 Å². The second-order valence-corrected chi connectivity index (χ2v) is 7.17. The van der Waals surface area contributed by atoms with E-state index in [4.69, 9.17) is 4.84 Å². The predicted octanol–water partition coefficient (Wildman–Crippen LogP) is 4.02. The highest BCUT2D eigenvalue weighted by atomic mass is 19.1. The van der Waals surface area contributed by atoms with Crippen LogP contribution >= 0.6 is 0 Å². The van der Waals surface area contributed by atoms with Crippen LogP contribution in [0.25, 0.3) is 0 Å². The Morgan fingerprint density at radius 3 is 2.13 bits per heavy atom. The van der Waals surface area contributed by atoms with Crippen molar-refractivity contribution < 1.29 is 23.2 Å². The zero-order valence-corrected chi connectivity index (χ0v) is 15.6. The molecule has 3 atom stereocenters. The molecule has 150 valence electrons. The smallest absolute Gasteiger partial charge is 0.266 e. The molecule has 30 heavy (non-hydrogen) atoms. The molecule has 2 amide bonds. The first-order valence-corrected chi connectivity index (χ1v) is 9.45. The number of carbonyl (C=O) groups excluding carboxylic acids is 2. The van der Waals surface area contributed by atoms with Crippen LogP contribution in [-0.4, -0.2) is 17.9 Å². The van der Waals surface area contributed by atoms with Gasteiger partial charge in [-0.3, -0.25) is 14.4 Å². The van der Waals surface area contributed by atoms with E-state index in [2.05, 4.69) is 0 Å². The molecule has 0 radical (unpaired) electrons. The molecule has 2 aliphatic heterocycles. The molecule has 0 unspecified atom stereocenters. The average molecular weight is 406 g/mol. The molecule has 2 fully saturated rings. The van der Waals surface area contributed by atoms with Crippen molar-refractivity contribution in [2.24, 2.45) is 5.92 Å². The number of anilines is 2. The maximum Gasteiger partial charge on any atom is 0.266 e. The van der Waals surface area contributed by atoms with Gasteiger partial charge in [0.1, 0.15) is 17.6 Å². The van der Waals surface area contributed by atoms with Crippen molar-refractivity contribution in [3.05, 3.63) is 96.1 Å². The van der Waals surface area contributed by atoms with E-state index in [0.717, 1.165) is 4.90 Å². The number of hydrogen-bond acceptors (Lipinski definition) is 4. The molecule has 0 saturated carbocycles. The quantitative estimate of drug-likeness (QED) is 0.617. The maximum absolute atomic E-state index is 14.3. The fraction of sp³-hybridized carbons (Fsp3) is 0.130. The lowest BCUT2D eigenvalue weighted by Gasteiger charge is -2.28. The van der Waals surface area contributed by atoms with Gasteiger partial charge in [0, 0.05) is 0 Å². The number of rotatable bonds is 3. The molecule has 0 aromatic heterocycles. The van der Waals surface area contributed by atoms with Crippen molar-refractivity contribution in [1.29, 1.82) is 0 Å². The van der Waals surface area contributed by atoms with Crippen LogP contribution in [0.3, 0.4) is 0 Å². The largest absolute Gasteiger partial charge is 0.273 e. The second-order valence-electron chi connectivity index (χ2n) is 7.17. The Balaban J connectivity index is 1.60. The van der Waals surface area contributed by atoms with E-state index >= 15 is 0 Å². The van der Waals surface area contributed by atoms with Crippen molar-refractivity contribution in [2.45, 2.75) is 12.1 Å². The standard InChI is InChI=1S/C23H16F2N2O3/c24-15-12-10-14(11-13-15)20-19-21(30-27(20)16-6-2-1-3-7-16)23(29)26(22(19)28)18-9-5-4-8-17(18)25/h1-13,19-21H/t19-,20+,21-/m1/s1. The van der Waals surface area contributed by atoms with Crippen molar-refractivity contribution in [1.82, 2.24) is 0 Å². The van der Waals surface area contributed by atoms with Gasteiger partial charge in [-0.15, -0.1) is 0 Å². The lowest BCUT2D eigenvalue weighted by molar-refractivity contribution is -0.126. The molecule has 2 aliphatic rings. The molecule has 0 spiro atoms. The number of nitrogens with zero attached hydrogens (tertiary/aromatic N) is 2. The number of benzene rings is 3. The Hall–Kier alpha value is -3.58. The van der Waals surface area contributed by atoms with E-state index < -0.39 is 41.5 Å². The van der Waals surface area contributed by atoms with Gasteiger partial charge in [0.25, 0.3) is 5.91 Å². The zero-order valence-electron chi connectivity index (χ0n) is 15.6. The Kier molecular flexibility index (Phi) is 4.33.